The molecule has 6 nitrogen and oxygen atoms in total. The number of ether oxygens (including phenoxy) is 1. The number of amides is 2. The van der Waals surface area contributed by atoms with E-state index in [-0.39, 0.29) is 18.4 Å². The van der Waals surface area contributed by atoms with Crippen LogP contribution in [0.15, 0.2) is 0 Å². The molecule has 2 saturated heterocycles. The second-order valence-electron chi connectivity index (χ2n) is 5.28. The molecule has 2 amide bonds. The van der Waals surface area contributed by atoms with Crippen molar-refractivity contribution in [2.24, 2.45) is 5.41 Å². The highest BCUT2D eigenvalue weighted by Gasteiger charge is 2.44. The highest BCUT2D eigenvalue weighted by molar-refractivity contribution is 5.96. The number of aliphatic carboxylic acids is 1. The normalized spacial score (nSPS) is 24.1. The molecule has 2 fully saturated rings. The van der Waals surface area contributed by atoms with Gasteiger partial charge in [-0.1, -0.05) is 0 Å². The number of carbonyl (C=O) groups excluding carboxylic acids is 2. The van der Waals surface area contributed by atoms with Crippen molar-refractivity contribution >= 4 is 17.8 Å². The van der Waals surface area contributed by atoms with Crippen LogP contribution in [0.2, 0.25) is 0 Å². The fraction of sp³-hybridized carbons (Fsp3) is 0.769. The number of rotatable bonds is 3. The van der Waals surface area contributed by atoms with Gasteiger partial charge in [-0.2, -0.15) is 0 Å². The number of carboxylic acid groups (broad SMARTS) is 1. The molecule has 0 bridgehead atoms. The zero-order chi connectivity index (χ0) is 13.9. The Kier molecular flexibility index (Phi) is 4.19. The van der Waals surface area contributed by atoms with Gasteiger partial charge in [-0.05, 0) is 25.7 Å². The van der Waals surface area contributed by atoms with E-state index in [1.807, 2.05) is 0 Å². The first-order valence-corrected chi connectivity index (χ1v) is 6.69. The first-order chi connectivity index (χ1) is 9.05. The SMILES string of the molecule is O=C1CCCCC(=O)N1CC1(C(=O)O)CCOCC1. The molecule has 2 aliphatic heterocycles. The molecule has 0 atom stereocenters. The van der Waals surface area contributed by atoms with E-state index in [1.54, 1.807) is 0 Å². The lowest BCUT2D eigenvalue weighted by Gasteiger charge is -2.36. The smallest absolute Gasteiger partial charge is 0.311 e. The van der Waals surface area contributed by atoms with Crippen molar-refractivity contribution in [3.8, 4) is 0 Å². The van der Waals surface area contributed by atoms with Crippen molar-refractivity contribution in [2.75, 3.05) is 19.8 Å². The fourth-order valence-corrected chi connectivity index (χ4v) is 2.64. The van der Waals surface area contributed by atoms with Crippen LogP contribution in [0.1, 0.15) is 38.5 Å². The van der Waals surface area contributed by atoms with Gasteiger partial charge in [-0.15, -0.1) is 0 Å². The molecule has 0 saturated carbocycles. The Morgan fingerprint density at radius 3 is 2.16 bits per heavy atom. The van der Waals surface area contributed by atoms with Gasteiger partial charge in [0.2, 0.25) is 11.8 Å². The molecule has 19 heavy (non-hydrogen) atoms. The van der Waals surface area contributed by atoms with Crippen molar-refractivity contribution in [2.45, 2.75) is 38.5 Å². The third kappa shape index (κ3) is 2.94. The van der Waals surface area contributed by atoms with Crippen LogP contribution in [0.5, 0.6) is 0 Å². The van der Waals surface area contributed by atoms with Gasteiger partial charge in [0.15, 0.2) is 0 Å². The lowest BCUT2D eigenvalue weighted by Crippen LogP contribution is -2.50. The van der Waals surface area contributed by atoms with E-state index in [0.29, 0.717) is 51.7 Å². The Morgan fingerprint density at radius 2 is 1.68 bits per heavy atom. The van der Waals surface area contributed by atoms with Crippen molar-refractivity contribution < 1.29 is 24.2 Å². The predicted octanol–water partition coefficient (Wildman–Crippen LogP) is 0.797. The lowest BCUT2D eigenvalue weighted by molar-refractivity contribution is -0.160. The molecule has 2 heterocycles. The summed E-state index contributed by atoms with van der Waals surface area (Å²) in [6, 6.07) is 0. The Balaban J connectivity index is 2.17. The topological polar surface area (TPSA) is 83.9 Å². The quantitative estimate of drug-likeness (QED) is 0.766. The second kappa shape index (κ2) is 5.69. The zero-order valence-corrected chi connectivity index (χ0v) is 10.9. The second-order valence-corrected chi connectivity index (χ2v) is 5.28. The molecule has 2 aliphatic rings. The van der Waals surface area contributed by atoms with Gasteiger partial charge in [0, 0.05) is 32.6 Å². The molecule has 0 aromatic heterocycles. The van der Waals surface area contributed by atoms with Gasteiger partial charge < -0.3 is 9.84 Å². The summed E-state index contributed by atoms with van der Waals surface area (Å²) in [6.07, 6.45) is 2.75. The Morgan fingerprint density at radius 1 is 1.16 bits per heavy atom. The van der Waals surface area contributed by atoms with Gasteiger partial charge in [0.1, 0.15) is 0 Å². The number of hydrogen-bond acceptors (Lipinski definition) is 4. The minimum absolute atomic E-state index is 0.0106. The Labute approximate surface area is 111 Å². The summed E-state index contributed by atoms with van der Waals surface area (Å²) in [6.45, 7) is 0.717. The zero-order valence-electron chi connectivity index (χ0n) is 10.9. The number of nitrogens with zero attached hydrogens (tertiary/aromatic N) is 1. The molecule has 0 spiro atoms. The van der Waals surface area contributed by atoms with E-state index in [4.69, 9.17) is 4.74 Å². The first kappa shape index (κ1) is 14.0. The number of likely N-dealkylation sites (tertiary alicyclic amines) is 1. The van der Waals surface area contributed by atoms with Crippen molar-refractivity contribution in [3.05, 3.63) is 0 Å². The molecule has 2 rings (SSSR count). The average Bonchev–Trinajstić information content (AvgIpc) is 2.55. The van der Waals surface area contributed by atoms with Gasteiger partial charge in [0.05, 0.1) is 5.41 Å². The van der Waals surface area contributed by atoms with Gasteiger partial charge >= 0.3 is 5.97 Å². The third-order valence-electron chi connectivity index (χ3n) is 4.00. The molecular weight excluding hydrogens is 250 g/mol. The third-order valence-corrected chi connectivity index (χ3v) is 4.00. The maximum absolute atomic E-state index is 11.9. The minimum atomic E-state index is -1.03. The Bertz CT molecular complexity index is 368. The van der Waals surface area contributed by atoms with Crippen LogP contribution < -0.4 is 0 Å². The molecule has 6 heteroatoms. The van der Waals surface area contributed by atoms with Crippen LogP contribution in [-0.4, -0.2) is 47.5 Å². The average molecular weight is 269 g/mol. The molecule has 0 aliphatic carbocycles. The Hall–Kier alpha value is -1.43. The van der Waals surface area contributed by atoms with Crippen molar-refractivity contribution in [1.82, 2.24) is 4.90 Å². The van der Waals surface area contributed by atoms with Crippen LogP contribution in [-0.2, 0) is 19.1 Å². The highest BCUT2D eigenvalue weighted by Crippen LogP contribution is 2.33. The predicted molar refractivity (Wildman–Crippen MR) is 65.3 cm³/mol. The van der Waals surface area contributed by atoms with Crippen LogP contribution >= 0.6 is 0 Å². The summed E-state index contributed by atoms with van der Waals surface area (Å²) in [5.74, 6) is -1.43. The van der Waals surface area contributed by atoms with E-state index < -0.39 is 11.4 Å². The fourth-order valence-electron chi connectivity index (χ4n) is 2.64. The standard InChI is InChI=1S/C13H19NO5/c15-10-3-1-2-4-11(16)14(10)9-13(12(17)18)5-7-19-8-6-13/h1-9H2,(H,17,18). The van der Waals surface area contributed by atoms with E-state index in [2.05, 4.69) is 0 Å². The monoisotopic (exact) mass is 269 g/mol. The molecule has 1 N–H and O–H groups in total. The van der Waals surface area contributed by atoms with E-state index in [0.717, 1.165) is 4.90 Å². The molecule has 0 unspecified atom stereocenters. The van der Waals surface area contributed by atoms with E-state index >= 15 is 0 Å². The number of hydrogen-bond donors (Lipinski definition) is 1. The van der Waals surface area contributed by atoms with Crippen LogP contribution in [0.4, 0.5) is 0 Å². The van der Waals surface area contributed by atoms with Crippen molar-refractivity contribution in [1.29, 1.82) is 0 Å². The van der Waals surface area contributed by atoms with E-state index in [9.17, 15) is 19.5 Å². The van der Waals surface area contributed by atoms with Gasteiger partial charge in [-0.3, -0.25) is 19.3 Å². The number of imide groups is 1. The maximum Gasteiger partial charge on any atom is 0.311 e. The van der Waals surface area contributed by atoms with Crippen LogP contribution in [0, 0.1) is 5.41 Å². The van der Waals surface area contributed by atoms with Crippen LogP contribution in [0.25, 0.3) is 0 Å². The van der Waals surface area contributed by atoms with E-state index in [1.165, 1.54) is 0 Å². The minimum Gasteiger partial charge on any atom is -0.481 e. The highest BCUT2D eigenvalue weighted by atomic mass is 16.5. The molecule has 0 aromatic carbocycles. The van der Waals surface area contributed by atoms with Crippen LogP contribution in [0.3, 0.4) is 0 Å². The molecule has 106 valence electrons. The summed E-state index contributed by atoms with van der Waals surface area (Å²) in [5, 5.41) is 9.46. The summed E-state index contributed by atoms with van der Waals surface area (Å²) >= 11 is 0. The first-order valence-electron chi connectivity index (χ1n) is 6.69. The summed E-state index contributed by atoms with van der Waals surface area (Å²) in [5.41, 5.74) is -1.03. The summed E-state index contributed by atoms with van der Waals surface area (Å²) in [4.78, 5) is 36.6. The van der Waals surface area contributed by atoms with Gasteiger partial charge in [0.25, 0.3) is 0 Å². The number of carbonyl (C=O) groups is 3. The lowest BCUT2D eigenvalue weighted by atomic mass is 9.79. The summed E-state index contributed by atoms with van der Waals surface area (Å²) in [7, 11) is 0. The molecule has 0 radical (unpaired) electrons. The number of carboxylic acids is 1. The van der Waals surface area contributed by atoms with Crippen molar-refractivity contribution in [3.63, 3.8) is 0 Å². The maximum atomic E-state index is 11.9. The largest absolute Gasteiger partial charge is 0.481 e. The molecule has 0 aromatic rings. The molecular formula is C13H19NO5. The van der Waals surface area contributed by atoms with Gasteiger partial charge in [-0.25, -0.2) is 0 Å². The summed E-state index contributed by atoms with van der Waals surface area (Å²) < 4.78 is 5.19.